The molecule has 0 aliphatic heterocycles. The molecule has 0 unspecified atom stereocenters. The summed E-state index contributed by atoms with van der Waals surface area (Å²) in [6, 6.07) is 3.57. The molecule has 1 N–H and O–H groups in total. The summed E-state index contributed by atoms with van der Waals surface area (Å²) < 4.78 is 4.69. The van der Waals surface area contributed by atoms with Crippen molar-refractivity contribution in [2.75, 3.05) is 31.0 Å². The highest BCUT2D eigenvalue weighted by Crippen LogP contribution is 2.12. The van der Waals surface area contributed by atoms with E-state index in [0.717, 1.165) is 18.8 Å². The van der Waals surface area contributed by atoms with Gasteiger partial charge in [0.15, 0.2) is 0 Å². The second kappa shape index (κ2) is 8.80. The van der Waals surface area contributed by atoms with Gasteiger partial charge >= 0.3 is 5.97 Å². The predicted octanol–water partition coefficient (Wildman–Crippen LogP) is 3.12. The molecule has 0 amide bonds. The molecule has 1 aromatic heterocycles. The van der Waals surface area contributed by atoms with Crippen molar-refractivity contribution in [2.24, 2.45) is 0 Å². The van der Waals surface area contributed by atoms with Gasteiger partial charge in [-0.15, -0.1) is 0 Å². The molecule has 0 saturated heterocycles. The Morgan fingerprint density at radius 2 is 2.16 bits per heavy atom. The fourth-order valence-corrected chi connectivity index (χ4v) is 2.24. The molecule has 19 heavy (non-hydrogen) atoms. The van der Waals surface area contributed by atoms with Crippen molar-refractivity contribution in [3.63, 3.8) is 0 Å². The smallest absolute Gasteiger partial charge is 0.339 e. The number of hydrogen-bond donors (Lipinski definition) is 1. The van der Waals surface area contributed by atoms with Gasteiger partial charge in [0.25, 0.3) is 0 Å². The van der Waals surface area contributed by atoms with Crippen LogP contribution in [0.15, 0.2) is 12.1 Å². The molecule has 0 spiro atoms. The zero-order valence-electron chi connectivity index (χ0n) is 11.9. The van der Waals surface area contributed by atoms with Gasteiger partial charge in [0, 0.05) is 6.54 Å². The fraction of sp³-hybridized carbons (Fsp3) is 0.571. The Labute approximate surface area is 119 Å². The lowest BCUT2D eigenvalue weighted by atomic mass is 10.2. The summed E-state index contributed by atoms with van der Waals surface area (Å²) in [7, 11) is 1.38. The lowest BCUT2D eigenvalue weighted by Gasteiger charge is -2.08. The maximum absolute atomic E-state index is 11.4. The highest BCUT2D eigenvalue weighted by molar-refractivity contribution is 7.98. The summed E-state index contributed by atoms with van der Waals surface area (Å²) in [5.41, 5.74) is 1.22. The number of nitrogens with one attached hydrogen (secondary N) is 1. The summed E-state index contributed by atoms with van der Waals surface area (Å²) in [5.74, 6) is 1.70. The summed E-state index contributed by atoms with van der Waals surface area (Å²) in [6.45, 7) is 2.73. The molecule has 5 heteroatoms. The van der Waals surface area contributed by atoms with E-state index >= 15 is 0 Å². The van der Waals surface area contributed by atoms with Gasteiger partial charge in [-0.25, -0.2) is 9.78 Å². The Bertz CT molecular complexity index is 410. The summed E-state index contributed by atoms with van der Waals surface area (Å²) >= 11 is 1.89. The van der Waals surface area contributed by atoms with Gasteiger partial charge in [-0.2, -0.15) is 11.8 Å². The first-order valence-corrected chi connectivity index (χ1v) is 7.87. The van der Waals surface area contributed by atoms with Crippen LogP contribution in [0.4, 0.5) is 5.82 Å². The molecule has 0 radical (unpaired) electrons. The summed E-state index contributed by atoms with van der Waals surface area (Å²) in [6.07, 6.45) is 5.76. The number of unbranched alkanes of at least 4 members (excludes halogenated alkanes) is 2. The molecule has 106 valence electrons. The van der Waals surface area contributed by atoms with Crippen molar-refractivity contribution >= 4 is 23.5 Å². The highest BCUT2D eigenvalue weighted by atomic mass is 32.2. The minimum absolute atomic E-state index is 0.339. The van der Waals surface area contributed by atoms with E-state index in [1.165, 1.54) is 25.7 Å². The largest absolute Gasteiger partial charge is 0.465 e. The second-order valence-electron chi connectivity index (χ2n) is 4.30. The molecule has 0 atom stereocenters. The van der Waals surface area contributed by atoms with Gasteiger partial charge in [-0.1, -0.05) is 6.42 Å². The fourth-order valence-electron chi connectivity index (χ4n) is 1.75. The van der Waals surface area contributed by atoms with Crippen molar-refractivity contribution in [1.82, 2.24) is 4.98 Å². The Morgan fingerprint density at radius 3 is 2.79 bits per heavy atom. The van der Waals surface area contributed by atoms with Crippen molar-refractivity contribution < 1.29 is 9.53 Å². The van der Waals surface area contributed by atoms with Gasteiger partial charge in [0.05, 0.1) is 18.4 Å². The second-order valence-corrected chi connectivity index (χ2v) is 5.29. The SMILES string of the molecule is COC(=O)c1ccc(NCCCCCSC)nc1C. The number of rotatable bonds is 8. The first-order valence-electron chi connectivity index (χ1n) is 6.47. The van der Waals surface area contributed by atoms with Gasteiger partial charge < -0.3 is 10.1 Å². The lowest BCUT2D eigenvalue weighted by Crippen LogP contribution is -2.08. The van der Waals surface area contributed by atoms with E-state index in [2.05, 4.69) is 16.6 Å². The van der Waals surface area contributed by atoms with Crippen LogP contribution in [0.1, 0.15) is 35.3 Å². The van der Waals surface area contributed by atoms with E-state index in [0.29, 0.717) is 11.3 Å². The number of pyridine rings is 1. The van der Waals surface area contributed by atoms with Crippen LogP contribution in [0.3, 0.4) is 0 Å². The molecule has 4 nitrogen and oxygen atoms in total. The molecule has 1 aromatic rings. The topological polar surface area (TPSA) is 51.2 Å². The quantitative estimate of drug-likeness (QED) is 0.586. The Morgan fingerprint density at radius 1 is 1.37 bits per heavy atom. The first kappa shape index (κ1) is 15.8. The van der Waals surface area contributed by atoms with Gasteiger partial charge in [-0.05, 0) is 43.9 Å². The molecule has 0 bridgehead atoms. The molecule has 0 saturated carbocycles. The van der Waals surface area contributed by atoms with Gasteiger partial charge in [0.2, 0.25) is 0 Å². The highest BCUT2D eigenvalue weighted by Gasteiger charge is 2.10. The predicted molar refractivity (Wildman–Crippen MR) is 81.0 cm³/mol. The third-order valence-electron chi connectivity index (χ3n) is 2.82. The average Bonchev–Trinajstić information content (AvgIpc) is 2.42. The molecule has 0 aliphatic carbocycles. The molecular formula is C14H22N2O2S. The maximum Gasteiger partial charge on any atom is 0.339 e. The van der Waals surface area contributed by atoms with E-state index in [-0.39, 0.29) is 5.97 Å². The van der Waals surface area contributed by atoms with Gasteiger partial charge in [0.1, 0.15) is 5.82 Å². The number of carbonyl (C=O) groups is 1. The summed E-state index contributed by atoms with van der Waals surface area (Å²) in [5, 5.41) is 3.28. The summed E-state index contributed by atoms with van der Waals surface area (Å²) in [4.78, 5) is 15.8. The van der Waals surface area contributed by atoms with Crippen molar-refractivity contribution in [1.29, 1.82) is 0 Å². The number of ether oxygens (including phenoxy) is 1. The number of hydrogen-bond acceptors (Lipinski definition) is 5. The first-order chi connectivity index (χ1) is 9.19. The van der Waals surface area contributed by atoms with Crippen LogP contribution in [-0.2, 0) is 4.74 Å². The van der Waals surface area contributed by atoms with Crippen LogP contribution in [0.5, 0.6) is 0 Å². The van der Waals surface area contributed by atoms with Crippen LogP contribution in [-0.4, -0.2) is 36.6 Å². The zero-order chi connectivity index (χ0) is 14.1. The van der Waals surface area contributed by atoms with E-state index in [1.54, 1.807) is 6.07 Å². The number of esters is 1. The monoisotopic (exact) mass is 282 g/mol. The molecular weight excluding hydrogens is 260 g/mol. The number of anilines is 1. The minimum Gasteiger partial charge on any atom is -0.465 e. The third kappa shape index (κ3) is 5.51. The lowest BCUT2D eigenvalue weighted by molar-refractivity contribution is 0.0599. The van der Waals surface area contributed by atoms with E-state index in [1.807, 2.05) is 24.8 Å². The van der Waals surface area contributed by atoms with Crippen LogP contribution in [0.2, 0.25) is 0 Å². The van der Waals surface area contributed by atoms with Crippen LogP contribution >= 0.6 is 11.8 Å². The molecule has 1 rings (SSSR count). The number of aryl methyl sites for hydroxylation is 1. The number of nitrogens with zero attached hydrogens (tertiary/aromatic N) is 1. The Kier molecular flexibility index (Phi) is 7.33. The zero-order valence-corrected chi connectivity index (χ0v) is 12.7. The number of methoxy groups -OCH3 is 1. The number of thioether (sulfide) groups is 1. The van der Waals surface area contributed by atoms with Crippen molar-refractivity contribution in [3.05, 3.63) is 23.4 Å². The number of carbonyl (C=O) groups excluding carboxylic acids is 1. The van der Waals surface area contributed by atoms with E-state index < -0.39 is 0 Å². The van der Waals surface area contributed by atoms with Crippen molar-refractivity contribution in [2.45, 2.75) is 26.2 Å². The van der Waals surface area contributed by atoms with Crippen molar-refractivity contribution in [3.8, 4) is 0 Å². The Balaban J connectivity index is 2.39. The standard InChI is InChI=1S/C14H22N2O2S/c1-11-12(14(17)18-2)7-8-13(16-11)15-9-5-4-6-10-19-3/h7-8H,4-6,9-10H2,1-3H3,(H,15,16). The maximum atomic E-state index is 11.4. The molecule has 0 aliphatic rings. The average molecular weight is 282 g/mol. The van der Waals surface area contributed by atoms with Crippen LogP contribution in [0.25, 0.3) is 0 Å². The van der Waals surface area contributed by atoms with E-state index in [9.17, 15) is 4.79 Å². The van der Waals surface area contributed by atoms with Gasteiger partial charge in [-0.3, -0.25) is 0 Å². The molecule has 0 aromatic carbocycles. The van der Waals surface area contributed by atoms with E-state index in [4.69, 9.17) is 4.74 Å². The van der Waals surface area contributed by atoms with Crippen LogP contribution < -0.4 is 5.32 Å². The Hall–Kier alpha value is -1.23. The normalized spacial score (nSPS) is 10.3. The number of aromatic nitrogens is 1. The van der Waals surface area contributed by atoms with Crippen LogP contribution in [0, 0.1) is 6.92 Å². The molecule has 1 heterocycles. The third-order valence-corrected chi connectivity index (χ3v) is 3.52. The minimum atomic E-state index is -0.339. The molecule has 0 fully saturated rings.